The number of furan rings is 1. The zero-order valence-electron chi connectivity index (χ0n) is 22.1. The van der Waals surface area contributed by atoms with E-state index in [1.807, 2.05) is 30.3 Å². The maximum Gasteiger partial charge on any atom is 0.282 e. The average Bonchev–Trinajstić information content (AvgIpc) is 3.39. The Morgan fingerprint density at radius 1 is 1.05 bits per heavy atom. The highest BCUT2D eigenvalue weighted by Crippen LogP contribution is 2.34. The molecule has 0 amide bonds. The molecule has 0 spiro atoms. The molecular formula is C32H23ClIN3O4. The lowest BCUT2D eigenvalue weighted by atomic mass is 10.2. The number of methoxy groups -OCH3 is 1. The van der Waals surface area contributed by atoms with Crippen LogP contribution in [0.25, 0.3) is 33.5 Å². The van der Waals surface area contributed by atoms with Gasteiger partial charge in [0.1, 0.15) is 12.2 Å². The first-order valence-corrected chi connectivity index (χ1v) is 14.2. The molecule has 0 saturated carbocycles. The summed E-state index contributed by atoms with van der Waals surface area (Å²) in [6, 6.07) is 26.2. The molecule has 0 radical (unpaired) electrons. The van der Waals surface area contributed by atoms with Gasteiger partial charge in [0, 0.05) is 10.4 Å². The third-order valence-corrected chi connectivity index (χ3v) is 7.57. The van der Waals surface area contributed by atoms with Gasteiger partial charge < -0.3 is 13.9 Å². The monoisotopic (exact) mass is 675 g/mol. The molecule has 6 aromatic rings. The quantitative estimate of drug-likeness (QED) is 0.127. The number of aromatic nitrogens is 2. The lowest BCUT2D eigenvalue weighted by Crippen LogP contribution is -2.20. The first kappa shape index (κ1) is 27.0. The van der Waals surface area contributed by atoms with Crippen LogP contribution in [0.5, 0.6) is 11.5 Å². The Bertz CT molecular complexity index is 2000. The topological polar surface area (TPSA) is 78.9 Å². The zero-order chi connectivity index (χ0) is 28.5. The number of nitrogens with zero attached hydrogens (tertiary/aromatic N) is 3. The molecule has 0 fully saturated rings. The number of hydrogen-bond donors (Lipinski definition) is 0. The summed E-state index contributed by atoms with van der Waals surface area (Å²) < 4.78 is 19.9. The first-order chi connectivity index (χ1) is 19.9. The minimum atomic E-state index is -0.319. The Morgan fingerprint density at radius 2 is 1.85 bits per heavy atom. The summed E-state index contributed by atoms with van der Waals surface area (Å²) in [6.45, 7) is 2.46. The fraction of sp³-hybridized carbons (Fsp3) is 0.0938. The molecule has 0 aliphatic heterocycles. The van der Waals surface area contributed by atoms with Crippen LogP contribution in [-0.4, -0.2) is 23.0 Å². The number of ether oxygens (including phenoxy) is 2. The maximum absolute atomic E-state index is 13.6. The summed E-state index contributed by atoms with van der Waals surface area (Å²) in [7, 11) is 1.59. The number of fused-ring (bicyclic) bond motifs is 2. The van der Waals surface area contributed by atoms with E-state index in [0.717, 1.165) is 20.1 Å². The lowest BCUT2D eigenvalue weighted by molar-refractivity contribution is 0.282. The van der Waals surface area contributed by atoms with Gasteiger partial charge in [-0.05, 0) is 89.2 Å². The summed E-state index contributed by atoms with van der Waals surface area (Å²) in [5.41, 5.74) is 3.82. The van der Waals surface area contributed by atoms with Crippen LogP contribution in [0.3, 0.4) is 0 Å². The molecule has 0 unspecified atom stereocenters. The highest BCUT2D eigenvalue weighted by molar-refractivity contribution is 14.1. The first-order valence-electron chi connectivity index (χ1n) is 12.7. The van der Waals surface area contributed by atoms with E-state index in [4.69, 9.17) is 30.5 Å². The van der Waals surface area contributed by atoms with Gasteiger partial charge in [-0.3, -0.25) is 4.79 Å². The van der Waals surface area contributed by atoms with Crippen molar-refractivity contribution < 1.29 is 13.9 Å². The molecule has 0 aliphatic carbocycles. The van der Waals surface area contributed by atoms with Crippen LogP contribution in [0.15, 0.2) is 99.2 Å². The van der Waals surface area contributed by atoms with Crippen LogP contribution in [0.2, 0.25) is 5.02 Å². The van der Waals surface area contributed by atoms with Crippen LogP contribution in [0, 0.1) is 10.5 Å². The fourth-order valence-corrected chi connectivity index (χ4v) is 5.39. The number of aryl methyl sites for hydroxylation is 1. The van der Waals surface area contributed by atoms with E-state index in [-0.39, 0.29) is 11.4 Å². The Balaban J connectivity index is 1.39. The summed E-state index contributed by atoms with van der Waals surface area (Å²) >= 11 is 8.38. The molecule has 9 heteroatoms. The Kier molecular flexibility index (Phi) is 7.51. The minimum absolute atomic E-state index is 0.275. The van der Waals surface area contributed by atoms with Gasteiger partial charge in [-0.1, -0.05) is 53.6 Å². The highest BCUT2D eigenvalue weighted by atomic mass is 127. The van der Waals surface area contributed by atoms with Crippen LogP contribution < -0.4 is 15.0 Å². The van der Waals surface area contributed by atoms with Gasteiger partial charge in [-0.15, -0.1) is 0 Å². The maximum atomic E-state index is 13.6. The van der Waals surface area contributed by atoms with Gasteiger partial charge in [0.2, 0.25) is 5.82 Å². The zero-order valence-corrected chi connectivity index (χ0v) is 25.0. The van der Waals surface area contributed by atoms with Crippen molar-refractivity contribution in [3.63, 3.8) is 0 Å². The van der Waals surface area contributed by atoms with E-state index in [1.54, 1.807) is 55.8 Å². The second kappa shape index (κ2) is 11.4. The highest BCUT2D eigenvalue weighted by Gasteiger charge is 2.17. The molecule has 0 bridgehead atoms. The normalized spacial score (nSPS) is 11.5. The van der Waals surface area contributed by atoms with E-state index in [2.05, 4.69) is 46.7 Å². The minimum Gasteiger partial charge on any atom is -0.493 e. The van der Waals surface area contributed by atoms with Crippen molar-refractivity contribution in [1.29, 1.82) is 0 Å². The van der Waals surface area contributed by atoms with E-state index in [9.17, 15) is 4.79 Å². The SMILES string of the molecule is COc1cc(C=Nn2c(-c3cc4cc(Cl)ccc4o3)nc3ccccc3c2=O)cc(I)c1OCc1ccc(C)cc1. The number of para-hydroxylation sites is 1. The van der Waals surface area contributed by atoms with Crippen molar-refractivity contribution in [2.24, 2.45) is 5.10 Å². The van der Waals surface area contributed by atoms with Crippen molar-refractivity contribution in [3.8, 4) is 23.1 Å². The predicted molar refractivity (Wildman–Crippen MR) is 170 cm³/mol. The van der Waals surface area contributed by atoms with Crippen molar-refractivity contribution >= 4 is 62.3 Å². The molecule has 2 heterocycles. The second-order valence-corrected chi connectivity index (χ2v) is 11.0. The molecule has 0 aliphatic rings. The summed E-state index contributed by atoms with van der Waals surface area (Å²) in [6.07, 6.45) is 1.59. The number of benzene rings is 4. The molecule has 204 valence electrons. The van der Waals surface area contributed by atoms with Crippen LogP contribution in [-0.2, 0) is 6.61 Å². The summed E-state index contributed by atoms with van der Waals surface area (Å²) in [5.74, 6) is 1.87. The van der Waals surface area contributed by atoms with Gasteiger partial charge in [-0.25, -0.2) is 4.98 Å². The Morgan fingerprint density at radius 3 is 2.66 bits per heavy atom. The summed E-state index contributed by atoms with van der Waals surface area (Å²) in [4.78, 5) is 18.3. The van der Waals surface area contributed by atoms with E-state index in [1.165, 1.54) is 10.2 Å². The molecule has 41 heavy (non-hydrogen) atoms. The molecule has 6 rings (SSSR count). The molecule has 0 saturated heterocycles. The molecule has 0 N–H and O–H groups in total. The molecular weight excluding hydrogens is 653 g/mol. The van der Waals surface area contributed by atoms with Gasteiger partial charge in [0.15, 0.2) is 17.3 Å². The van der Waals surface area contributed by atoms with Crippen molar-refractivity contribution in [1.82, 2.24) is 9.66 Å². The van der Waals surface area contributed by atoms with Gasteiger partial charge in [-0.2, -0.15) is 9.78 Å². The van der Waals surface area contributed by atoms with E-state index < -0.39 is 0 Å². The molecule has 4 aromatic carbocycles. The van der Waals surface area contributed by atoms with E-state index >= 15 is 0 Å². The number of hydrogen-bond acceptors (Lipinski definition) is 6. The van der Waals surface area contributed by atoms with Gasteiger partial charge >= 0.3 is 0 Å². The smallest absolute Gasteiger partial charge is 0.282 e. The molecule has 2 aromatic heterocycles. The number of halogens is 2. The van der Waals surface area contributed by atoms with Crippen molar-refractivity contribution in [3.05, 3.63) is 121 Å². The predicted octanol–water partition coefficient (Wildman–Crippen LogP) is 7.85. The number of rotatable bonds is 7. The van der Waals surface area contributed by atoms with Crippen molar-refractivity contribution in [2.45, 2.75) is 13.5 Å². The largest absolute Gasteiger partial charge is 0.493 e. The van der Waals surface area contributed by atoms with E-state index in [0.29, 0.717) is 45.4 Å². The average molecular weight is 676 g/mol. The third-order valence-electron chi connectivity index (χ3n) is 6.53. The Hall–Kier alpha value is -4.15. The van der Waals surface area contributed by atoms with Crippen molar-refractivity contribution in [2.75, 3.05) is 7.11 Å². The van der Waals surface area contributed by atoms with Crippen LogP contribution in [0.4, 0.5) is 0 Å². The lowest BCUT2D eigenvalue weighted by Gasteiger charge is -2.14. The Labute approximate surface area is 254 Å². The summed E-state index contributed by atoms with van der Waals surface area (Å²) in [5, 5.41) is 6.40. The van der Waals surface area contributed by atoms with Gasteiger partial charge in [0.25, 0.3) is 5.56 Å². The van der Waals surface area contributed by atoms with Crippen LogP contribution >= 0.6 is 34.2 Å². The van der Waals surface area contributed by atoms with Gasteiger partial charge in [0.05, 0.1) is 27.8 Å². The standard InChI is InChI=1S/C32H23ClIN3O4/c1-19-7-9-20(10-8-19)18-40-30-25(34)13-21(14-28(30)39-2)17-35-37-31(36-26-6-4-3-5-24(26)32(37)38)29-16-22-15-23(33)11-12-27(22)41-29/h3-17H,18H2,1-2H3. The molecule has 7 nitrogen and oxygen atoms in total. The molecule has 0 atom stereocenters. The second-order valence-electron chi connectivity index (χ2n) is 9.42. The van der Waals surface area contributed by atoms with Crippen LogP contribution in [0.1, 0.15) is 16.7 Å². The fourth-order valence-electron chi connectivity index (χ4n) is 4.43. The third kappa shape index (κ3) is 5.57.